The van der Waals surface area contributed by atoms with Crippen LogP contribution in [0.25, 0.3) is 0 Å². The fraction of sp³-hybridized carbons (Fsp3) is 0.818. The van der Waals surface area contributed by atoms with Gasteiger partial charge < -0.3 is 5.73 Å². The maximum Gasteiger partial charge on any atom is 0.0104 e. The highest BCUT2D eigenvalue weighted by Crippen LogP contribution is 2.29. The van der Waals surface area contributed by atoms with Crippen LogP contribution >= 0.6 is 0 Å². The molecular formula is C11H21N. The first-order valence-electron chi connectivity index (χ1n) is 5.16. The number of hydrogen-bond donors (Lipinski definition) is 1. The van der Waals surface area contributed by atoms with Crippen LogP contribution in [0.5, 0.6) is 0 Å². The third-order valence-corrected chi connectivity index (χ3v) is 3.03. The average Bonchev–Trinajstić information content (AvgIpc) is 2.56. The summed E-state index contributed by atoms with van der Waals surface area (Å²) in [4.78, 5) is 0. The molecular weight excluding hydrogens is 146 g/mol. The van der Waals surface area contributed by atoms with E-state index in [1.807, 2.05) is 0 Å². The van der Waals surface area contributed by atoms with E-state index in [1.54, 1.807) is 0 Å². The van der Waals surface area contributed by atoms with Gasteiger partial charge in [-0.05, 0) is 31.6 Å². The molecule has 0 radical (unpaired) electrons. The van der Waals surface area contributed by atoms with E-state index in [-0.39, 0.29) is 0 Å². The summed E-state index contributed by atoms with van der Waals surface area (Å²) in [5.74, 6) is 0.785. The maximum atomic E-state index is 6.09. The first kappa shape index (κ1) is 9.79. The van der Waals surface area contributed by atoms with Gasteiger partial charge in [-0.15, -0.1) is 0 Å². The molecule has 1 fully saturated rings. The van der Waals surface area contributed by atoms with E-state index >= 15 is 0 Å². The fourth-order valence-electron chi connectivity index (χ4n) is 2.03. The lowest BCUT2D eigenvalue weighted by Crippen LogP contribution is -2.28. The average molecular weight is 167 g/mol. The van der Waals surface area contributed by atoms with Gasteiger partial charge in [-0.25, -0.2) is 0 Å². The Morgan fingerprint density at radius 1 is 1.50 bits per heavy atom. The van der Waals surface area contributed by atoms with Gasteiger partial charge in [0.25, 0.3) is 0 Å². The second-order valence-electron chi connectivity index (χ2n) is 4.02. The van der Waals surface area contributed by atoms with Crippen molar-refractivity contribution >= 4 is 0 Å². The summed E-state index contributed by atoms with van der Waals surface area (Å²) >= 11 is 0. The summed E-state index contributed by atoms with van der Waals surface area (Å²) in [7, 11) is 0. The smallest absolute Gasteiger partial charge is 0.0104 e. The molecule has 1 aliphatic carbocycles. The lowest BCUT2D eigenvalue weighted by molar-refractivity contribution is 0.426. The van der Waals surface area contributed by atoms with Crippen molar-refractivity contribution in [3.05, 3.63) is 12.2 Å². The van der Waals surface area contributed by atoms with E-state index in [2.05, 4.69) is 13.5 Å². The van der Waals surface area contributed by atoms with Crippen LogP contribution in [-0.4, -0.2) is 6.04 Å². The molecule has 0 aliphatic heterocycles. The van der Waals surface area contributed by atoms with Crippen molar-refractivity contribution in [1.82, 2.24) is 0 Å². The van der Waals surface area contributed by atoms with Crippen molar-refractivity contribution in [1.29, 1.82) is 0 Å². The zero-order chi connectivity index (χ0) is 8.97. The molecule has 70 valence electrons. The first-order valence-corrected chi connectivity index (χ1v) is 5.16. The van der Waals surface area contributed by atoms with E-state index in [0.29, 0.717) is 6.04 Å². The zero-order valence-electron chi connectivity index (χ0n) is 8.18. The quantitative estimate of drug-likeness (QED) is 0.640. The Kier molecular flexibility index (Phi) is 3.80. The summed E-state index contributed by atoms with van der Waals surface area (Å²) in [6.45, 7) is 6.16. The largest absolute Gasteiger partial charge is 0.327 e. The van der Waals surface area contributed by atoms with Crippen molar-refractivity contribution in [3.63, 3.8) is 0 Å². The molecule has 1 unspecified atom stereocenters. The summed E-state index contributed by atoms with van der Waals surface area (Å²) < 4.78 is 0. The molecule has 0 amide bonds. The number of hydrogen-bond acceptors (Lipinski definition) is 1. The summed E-state index contributed by atoms with van der Waals surface area (Å²) in [6.07, 6.45) is 7.59. The van der Waals surface area contributed by atoms with Gasteiger partial charge in [-0.2, -0.15) is 0 Å². The van der Waals surface area contributed by atoms with Crippen LogP contribution in [0.15, 0.2) is 12.2 Å². The molecule has 1 aliphatic rings. The maximum absolute atomic E-state index is 6.09. The van der Waals surface area contributed by atoms with Gasteiger partial charge in [0.1, 0.15) is 0 Å². The molecule has 0 saturated heterocycles. The molecule has 12 heavy (non-hydrogen) atoms. The fourth-order valence-corrected chi connectivity index (χ4v) is 2.03. The molecule has 0 spiro atoms. The van der Waals surface area contributed by atoms with Crippen molar-refractivity contribution in [3.8, 4) is 0 Å². The third-order valence-electron chi connectivity index (χ3n) is 3.03. The summed E-state index contributed by atoms with van der Waals surface area (Å²) in [5, 5.41) is 0. The predicted molar refractivity (Wildman–Crippen MR) is 54.0 cm³/mol. The Morgan fingerprint density at radius 3 is 2.58 bits per heavy atom. The molecule has 1 nitrogen and oxygen atoms in total. The lowest BCUT2D eigenvalue weighted by Gasteiger charge is -2.19. The third kappa shape index (κ3) is 2.63. The van der Waals surface area contributed by atoms with Gasteiger partial charge in [0, 0.05) is 6.04 Å². The standard InChI is InChI=1S/C11H21N/c1-3-9(2)8-11(12)10-6-4-5-7-10/h10-11H,2-8,12H2,1H3. The molecule has 0 bridgehead atoms. The highest BCUT2D eigenvalue weighted by Gasteiger charge is 2.21. The van der Waals surface area contributed by atoms with Crippen LogP contribution in [-0.2, 0) is 0 Å². The molecule has 0 aromatic heterocycles. The highest BCUT2D eigenvalue weighted by molar-refractivity contribution is 4.97. The van der Waals surface area contributed by atoms with Crippen molar-refractivity contribution < 1.29 is 0 Å². The highest BCUT2D eigenvalue weighted by atomic mass is 14.7. The normalized spacial score (nSPS) is 21.2. The Bertz CT molecular complexity index is 145. The van der Waals surface area contributed by atoms with Crippen molar-refractivity contribution in [2.24, 2.45) is 11.7 Å². The minimum atomic E-state index is 0.389. The van der Waals surface area contributed by atoms with Gasteiger partial charge in [0.15, 0.2) is 0 Å². The molecule has 1 heteroatoms. The monoisotopic (exact) mass is 167 g/mol. The minimum Gasteiger partial charge on any atom is -0.327 e. The van der Waals surface area contributed by atoms with E-state index in [9.17, 15) is 0 Å². The topological polar surface area (TPSA) is 26.0 Å². The molecule has 0 heterocycles. The summed E-state index contributed by atoms with van der Waals surface area (Å²) in [6, 6.07) is 0.389. The Labute approximate surface area is 76.0 Å². The van der Waals surface area contributed by atoms with E-state index in [1.165, 1.54) is 31.3 Å². The van der Waals surface area contributed by atoms with Gasteiger partial charge in [-0.1, -0.05) is 31.9 Å². The van der Waals surface area contributed by atoms with E-state index in [4.69, 9.17) is 5.73 Å². The Morgan fingerprint density at radius 2 is 2.08 bits per heavy atom. The van der Waals surface area contributed by atoms with Gasteiger partial charge in [-0.3, -0.25) is 0 Å². The minimum absolute atomic E-state index is 0.389. The second-order valence-corrected chi connectivity index (χ2v) is 4.02. The first-order chi connectivity index (χ1) is 5.74. The molecule has 0 aromatic carbocycles. The van der Waals surface area contributed by atoms with Crippen LogP contribution in [0.1, 0.15) is 45.4 Å². The van der Waals surface area contributed by atoms with Crippen LogP contribution in [0, 0.1) is 5.92 Å². The van der Waals surface area contributed by atoms with Crippen LogP contribution in [0.3, 0.4) is 0 Å². The van der Waals surface area contributed by atoms with Crippen LogP contribution in [0.2, 0.25) is 0 Å². The zero-order valence-corrected chi connectivity index (χ0v) is 8.18. The lowest BCUT2D eigenvalue weighted by atomic mass is 9.93. The SMILES string of the molecule is C=C(CC)CC(N)C1CCCC1. The van der Waals surface area contributed by atoms with Crippen molar-refractivity contribution in [2.75, 3.05) is 0 Å². The van der Waals surface area contributed by atoms with Crippen LogP contribution in [0.4, 0.5) is 0 Å². The van der Waals surface area contributed by atoms with Crippen LogP contribution < -0.4 is 5.73 Å². The second kappa shape index (κ2) is 4.66. The Balaban J connectivity index is 2.26. The molecule has 1 atom stereocenters. The van der Waals surface area contributed by atoms with Gasteiger partial charge >= 0.3 is 0 Å². The number of nitrogens with two attached hydrogens (primary N) is 1. The van der Waals surface area contributed by atoms with Crippen molar-refractivity contribution in [2.45, 2.75) is 51.5 Å². The van der Waals surface area contributed by atoms with E-state index < -0.39 is 0 Å². The molecule has 1 saturated carbocycles. The van der Waals surface area contributed by atoms with Gasteiger partial charge in [0.2, 0.25) is 0 Å². The molecule has 2 N–H and O–H groups in total. The number of rotatable bonds is 4. The summed E-state index contributed by atoms with van der Waals surface area (Å²) in [5.41, 5.74) is 7.41. The molecule has 1 rings (SSSR count). The predicted octanol–water partition coefficient (Wildman–Crippen LogP) is 2.86. The Hall–Kier alpha value is -0.300. The van der Waals surface area contributed by atoms with E-state index in [0.717, 1.165) is 18.8 Å². The molecule has 0 aromatic rings. The van der Waals surface area contributed by atoms with Gasteiger partial charge in [0.05, 0.1) is 0 Å².